The van der Waals surface area contributed by atoms with E-state index in [2.05, 4.69) is 27.7 Å². The molecule has 0 fully saturated rings. The molecule has 0 bridgehead atoms. The van der Waals surface area contributed by atoms with E-state index in [9.17, 15) is 4.79 Å². The Hall–Kier alpha value is -2.57. The first-order valence-electron chi connectivity index (χ1n) is 10.3. The zero-order valence-electron chi connectivity index (χ0n) is 18.1. The number of hydrogen-bond donors (Lipinski definition) is 0. The summed E-state index contributed by atoms with van der Waals surface area (Å²) in [5.74, 6) is 0.713. The Bertz CT molecular complexity index is 1120. The Kier molecular flexibility index (Phi) is 6.21. The summed E-state index contributed by atoms with van der Waals surface area (Å²) in [4.78, 5) is 15.2. The topological polar surface area (TPSA) is 42.6 Å². The fourth-order valence-electron chi connectivity index (χ4n) is 4.02. The number of benzene rings is 1. The van der Waals surface area contributed by atoms with Crippen molar-refractivity contribution in [2.45, 2.75) is 26.8 Å². The molecule has 7 heteroatoms. The molecule has 1 atom stereocenters. The lowest BCUT2D eigenvalue weighted by molar-refractivity contribution is -0.675. The summed E-state index contributed by atoms with van der Waals surface area (Å²) in [5, 5.41) is 1.90. The number of fused-ring (bicyclic) bond motifs is 1. The first-order valence-corrected chi connectivity index (χ1v) is 11.5. The van der Waals surface area contributed by atoms with E-state index in [4.69, 9.17) is 21.1 Å². The number of rotatable bonds is 6. The standard InChI is InChI=1S/C24H26ClN2O3S/c1-5-30-24(28)22-15(2)26(3)23(31-22)17-9-10-21-19(12-17)20(25)14-27(21)13-16-7-6-8-18(11-16)29-4/h6-11,14,19H,5,12-13H2,1-4H3/q+1. The van der Waals surface area contributed by atoms with Gasteiger partial charge in [0.05, 0.1) is 13.7 Å². The summed E-state index contributed by atoms with van der Waals surface area (Å²) in [6, 6.07) is 8.08. The lowest BCUT2D eigenvalue weighted by atomic mass is 9.92. The quantitative estimate of drug-likeness (QED) is 0.454. The van der Waals surface area contributed by atoms with Crippen LogP contribution in [-0.4, -0.2) is 24.6 Å². The molecule has 0 saturated carbocycles. The number of allylic oxidation sites excluding steroid dienone is 4. The van der Waals surface area contributed by atoms with Crippen molar-refractivity contribution in [3.8, 4) is 5.75 Å². The Balaban J connectivity index is 1.61. The van der Waals surface area contributed by atoms with Gasteiger partial charge in [0, 0.05) is 41.9 Å². The summed E-state index contributed by atoms with van der Waals surface area (Å²) in [6.07, 6.45) is 7.12. The maximum atomic E-state index is 12.3. The summed E-state index contributed by atoms with van der Waals surface area (Å²) >= 11 is 8.16. The van der Waals surface area contributed by atoms with Gasteiger partial charge in [-0.2, -0.15) is 4.57 Å². The van der Waals surface area contributed by atoms with Gasteiger partial charge in [-0.15, -0.1) is 0 Å². The van der Waals surface area contributed by atoms with Crippen LogP contribution in [0, 0.1) is 12.8 Å². The number of methoxy groups -OCH3 is 1. The predicted octanol–water partition coefficient (Wildman–Crippen LogP) is 4.95. The van der Waals surface area contributed by atoms with Gasteiger partial charge in [-0.25, -0.2) is 4.79 Å². The Morgan fingerprint density at radius 2 is 2.16 bits per heavy atom. The van der Waals surface area contributed by atoms with E-state index in [1.54, 1.807) is 7.11 Å². The monoisotopic (exact) mass is 457 g/mol. The van der Waals surface area contributed by atoms with Crippen molar-refractivity contribution < 1.29 is 18.8 Å². The number of halogens is 1. The van der Waals surface area contributed by atoms with Crippen molar-refractivity contribution in [3.05, 3.63) is 74.5 Å². The molecule has 4 rings (SSSR count). The number of thiazole rings is 1. The van der Waals surface area contributed by atoms with Crippen LogP contribution in [0.1, 0.15) is 39.3 Å². The molecule has 31 heavy (non-hydrogen) atoms. The number of carbonyl (C=O) groups excluding carboxylic acids is 1. The van der Waals surface area contributed by atoms with Crippen LogP contribution in [-0.2, 0) is 18.3 Å². The average molecular weight is 458 g/mol. The molecule has 2 aliphatic rings. The van der Waals surface area contributed by atoms with Gasteiger partial charge in [-0.3, -0.25) is 0 Å². The molecule has 1 aromatic heterocycles. The molecule has 162 valence electrons. The zero-order chi connectivity index (χ0) is 22.1. The molecule has 1 aromatic carbocycles. The van der Waals surface area contributed by atoms with E-state index in [-0.39, 0.29) is 11.9 Å². The molecular formula is C24H26ClN2O3S+. The summed E-state index contributed by atoms with van der Waals surface area (Å²) in [5.41, 5.74) is 4.45. The van der Waals surface area contributed by atoms with E-state index in [0.29, 0.717) is 11.5 Å². The lowest BCUT2D eigenvalue weighted by Gasteiger charge is -2.25. The second-order valence-corrected chi connectivity index (χ2v) is 9.07. The summed E-state index contributed by atoms with van der Waals surface area (Å²) in [6.45, 7) is 4.88. The van der Waals surface area contributed by atoms with Gasteiger partial charge >= 0.3 is 5.97 Å². The highest BCUT2D eigenvalue weighted by atomic mass is 35.5. The van der Waals surface area contributed by atoms with Crippen molar-refractivity contribution in [1.29, 1.82) is 0 Å². The molecule has 2 aromatic rings. The van der Waals surface area contributed by atoms with Gasteiger partial charge in [0.25, 0.3) is 5.01 Å². The Morgan fingerprint density at radius 1 is 1.35 bits per heavy atom. The predicted molar refractivity (Wildman–Crippen MR) is 123 cm³/mol. The van der Waals surface area contributed by atoms with Gasteiger partial charge in [0.1, 0.15) is 12.8 Å². The van der Waals surface area contributed by atoms with E-state index in [1.807, 2.05) is 45.3 Å². The van der Waals surface area contributed by atoms with Crippen LogP contribution >= 0.6 is 22.9 Å². The first kappa shape index (κ1) is 21.7. The molecule has 0 N–H and O–H groups in total. The zero-order valence-corrected chi connectivity index (χ0v) is 19.7. The van der Waals surface area contributed by atoms with Crippen molar-refractivity contribution in [1.82, 2.24) is 4.90 Å². The van der Waals surface area contributed by atoms with Crippen LogP contribution in [0.25, 0.3) is 5.57 Å². The smallest absolute Gasteiger partial charge is 0.355 e. The van der Waals surface area contributed by atoms with Crippen LogP contribution in [0.5, 0.6) is 5.75 Å². The number of nitrogens with zero attached hydrogens (tertiary/aromatic N) is 2. The third-order valence-electron chi connectivity index (χ3n) is 5.74. The van der Waals surface area contributed by atoms with Gasteiger partial charge in [0.2, 0.25) is 5.69 Å². The van der Waals surface area contributed by atoms with E-state index in [0.717, 1.165) is 40.0 Å². The van der Waals surface area contributed by atoms with Crippen molar-refractivity contribution in [3.63, 3.8) is 0 Å². The number of ether oxygens (including phenoxy) is 2. The Labute approximate surface area is 191 Å². The van der Waals surface area contributed by atoms with E-state index >= 15 is 0 Å². The fraction of sp³-hybridized carbons (Fsp3) is 0.333. The van der Waals surface area contributed by atoms with Crippen LogP contribution in [0.4, 0.5) is 0 Å². The van der Waals surface area contributed by atoms with Crippen LogP contribution in [0.2, 0.25) is 0 Å². The number of hydrogen-bond acceptors (Lipinski definition) is 5. The van der Waals surface area contributed by atoms with Gasteiger partial charge in [-0.1, -0.05) is 35.1 Å². The Morgan fingerprint density at radius 3 is 2.90 bits per heavy atom. The van der Waals surface area contributed by atoms with E-state index < -0.39 is 0 Å². The highest BCUT2D eigenvalue weighted by molar-refractivity contribution is 7.14. The summed E-state index contributed by atoms with van der Waals surface area (Å²) in [7, 11) is 3.67. The van der Waals surface area contributed by atoms with Crippen LogP contribution in [0.15, 0.2) is 53.3 Å². The fourth-order valence-corrected chi connectivity index (χ4v) is 5.50. The molecule has 0 saturated heterocycles. The van der Waals surface area contributed by atoms with Gasteiger partial charge < -0.3 is 14.4 Å². The molecular weight excluding hydrogens is 432 g/mol. The highest BCUT2D eigenvalue weighted by Gasteiger charge is 2.36. The molecule has 1 unspecified atom stereocenters. The minimum Gasteiger partial charge on any atom is -0.497 e. The van der Waals surface area contributed by atoms with Crippen molar-refractivity contribution in [2.24, 2.45) is 13.0 Å². The van der Waals surface area contributed by atoms with Gasteiger partial charge in [0.15, 0.2) is 4.88 Å². The lowest BCUT2D eigenvalue weighted by Crippen LogP contribution is -2.34. The number of aromatic nitrogens is 1. The van der Waals surface area contributed by atoms with Crippen molar-refractivity contribution >= 4 is 34.5 Å². The largest absolute Gasteiger partial charge is 0.497 e. The van der Waals surface area contributed by atoms with E-state index in [1.165, 1.54) is 22.6 Å². The molecule has 5 nitrogen and oxygen atoms in total. The second kappa shape index (κ2) is 8.89. The SMILES string of the molecule is CCOC(=O)c1sc(C2=CC=C3C(C2)C(Cl)=CN3Cc2cccc(OC)c2)[n+](C)c1C. The van der Waals surface area contributed by atoms with Crippen molar-refractivity contribution in [2.75, 3.05) is 13.7 Å². The average Bonchev–Trinajstić information content (AvgIpc) is 3.24. The number of esters is 1. The molecule has 2 heterocycles. The second-order valence-electron chi connectivity index (χ2n) is 7.63. The third-order valence-corrected chi connectivity index (χ3v) is 7.49. The van der Waals surface area contributed by atoms with Crippen LogP contribution in [0.3, 0.4) is 0 Å². The van der Waals surface area contributed by atoms with Crippen LogP contribution < -0.4 is 9.30 Å². The molecule has 0 amide bonds. The molecule has 1 aliphatic heterocycles. The molecule has 1 aliphatic carbocycles. The molecule has 0 radical (unpaired) electrons. The maximum Gasteiger partial charge on any atom is 0.355 e. The maximum absolute atomic E-state index is 12.3. The minimum atomic E-state index is -0.261. The third kappa shape index (κ3) is 4.14. The minimum absolute atomic E-state index is 0.126. The first-order chi connectivity index (χ1) is 14.9. The number of carbonyl (C=O) groups is 1. The summed E-state index contributed by atoms with van der Waals surface area (Å²) < 4.78 is 12.6. The normalized spacial score (nSPS) is 17.6. The molecule has 0 spiro atoms. The van der Waals surface area contributed by atoms with Gasteiger partial charge in [-0.05, 0) is 43.2 Å². The highest BCUT2D eigenvalue weighted by Crippen LogP contribution is 2.44.